The standard InChI is InChI=1S/C15H19N5O3/c1-8-12(14(22)17-9(2)16-8)6-13(21)20-5-4-11(7-20)15-18-10(3)19-23-15/h11H,4-7H2,1-3H3,(H,16,17,22). The molecular formula is C15H19N5O3. The topological polar surface area (TPSA) is 105 Å². The zero-order valence-corrected chi connectivity index (χ0v) is 13.4. The monoisotopic (exact) mass is 317 g/mol. The molecule has 0 bridgehead atoms. The van der Waals surface area contributed by atoms with Crippen molar-refractivity contribution >= 4 is 5.91 Å². The van der Waals surface area contributed by atoms with Gasteiger partial charge in [-0.3, -0.25) is 9.59 Å². The third-order valence-corrected chi connectivity index (χ3v) is 4.10. The van der Waals surface area contributed by atoms with Crippen LogP contribution in [0.2, 0.25) is 0 Å². The number of aryl methyl sites for hydroxylation is 3. The molecule has 1 amide bonds. The largest absolute Gasteiger partial charge is 0.342 e. The van der Waals surface area contributed by atoms with Crippen LogP contribution >= 0.6 is 0 Å². The number of nitrogens with zero attached hydrogens (tertiary/aromatic N) is 4. The molecule has 23 heavy (non-hydrogen) atoms. The lowest BCUT2D eigenvalue weighted by molar-refractivity contribution is -0.129. The normalized spacial score (nSPS) is 17.7. The Morgan fingerprint density at radius 3 is 2.78 bits per heavy atom. The van der Waals surface area contributed by atoms with E-state index in [-0.39, 0.29) is 23.8 Å². The number of amides is 1. The first-order valence-corrected chi connectivity index (χ1v) is 7.58. The second kappa shape index (κ2) is 5.94. The fraction of sp³-hybridized carbons (Fsp3) is 0.533. The van der Waals surface area contributed by atoms with Crippen LogP contribution in [0.4, 0.5) is 0 Å². The lowest BCUT2D eigenvalue weighted by Crippen LogP contribution is -2.32. The molecule has 0 radical (unpaired) electrons. The quantitative estimate of drug-likeness (QED) is 0.890. The molecule has 122 valence electrons. The SMILES string of the molecule is Cc1noc(C2CCN(C(=O)Cc3c(C)nc(C)[nH]c3=O)C2)n1. The van der Waals surface area contributed by atoms with E-state index in [1.807, 2.05) is 0 Å². The van der Waals surface area contributed by atoms with E-state index < -0.39 is 0 Å². The first-order valence-electron chi connectivity index (χ1n) is 7.58. The molecule has 8 nitrogen and oxygen atoms in total. The molecule has 1 fully saturated rings. The predicted molar refractivity (Wildman–Crippen MR) is 81.0 cm³/mol. The Labute approximate surface area is 132 Å². The summed E-state index contributed by atoms with van der Waals surface area (Å²) in [6.07, 6.45) is 0.846. The van der Waals surface area contributed by atoms with Crippen molar-refractivity contribution in [1.82, 2.24) is 25.0 Å². The summed E-state index contributed by atoms with van der Waals surface area (Å²) in [6.45, 7) is 6.40. The van der Waals surface area contributed by atoms with E-state index in [0.717, 1.165) is 6.42 Å². The Balaban J connectivity index is 1.69. The van der Waals surface area contributed by atoms with Crippen molar-refractivity contribution in [3.05, 3.63) is 39.2 Å². The van der Waals surface area contributed by atoms with E-state index in [0.29, 0.717) is 41.9 Å². The Bertz CT molecular complexity index is 795. The molecule has 1 atom stereocenters. The zero-order valence-electron chi connectivity index (χ0n) is 13.4. The van der Waals surface area contributed by atoms with Crippen molar-refractivity contribution in [2.45, 2.75) is 39.5 Å². The number of carbonyl (C=O) groups is 1. The number of H-pyrrole nitrogens is 1. The second-order valence-corrected chi connectivity index (χ2v) is 5.90. The molecule has 3 heterocycles. The maximum Gasteiger partial charge on any atom is 0.254 e. The molecule has 1 aliphatic heterocycles. The highest BCUT2D eigenvalue weighted by atomic mass is 16.5. The van der Waals surface area contributed by atoms with Gasteiger partial charge in [0, 0.05) is 24.3 Å². The highest BCUT2D eigenvalue weighted by Gasteiger charge is 2.31. The molecule has 1 N–H and O–H groups in total. The summed E-state index contributed by atoms with van der Waals surface area (Å²) in [7, 11) is 0. The number of hydrogen-bond donors (Lipinski definition) is 1. The second-order valence-electron chi connectivity index (χ2n) is 5.90. The van der Waals surface area contributed by atoms with Gasteiger partial charge in [0.05, 0.1) is 12.3 Å². The number of likely N-dealkylation sites (tertiary alicyclic amines) is 1. The van der Waals surface area contributed by atoms with Crippen LogP contribution in [0, 0.1) is 20.8 Å². The van der Waals surface area contributed by atoms with Gasteiger partial charge in [-0.1, -0.05) is 5.16 Å². The molecule has 0 aromatic carbocycles. The highest BCUT2D eigenvalue weighted by Crippen LogP contribution is 2.26. The van der Waals surface area contributed by atoms with Crippen molar-refractivity contribution in [1.29, 1.82) is 0 Å². The first kappa shape index (κ1) is 15.4. The van der Waals surface area contributed by atoms with Crippen molar-refractivity contribution in [2.24, 2.45) is 0 Å². The Kier molecular flexibility index (Phi) is 3.97. The third kappa shape index (κ3) is 3.15. The van der Waals surface area contributed by atoms with Crippen LogP contribution in [0.25, 0.3) is 0 Å². The number of rotatable bonds is 3. The van der Waals surface area contributed by atoms with Gasteiger partial charge in [0.2, 0.25) is 11.8 Å². The van der Waals surface area contributed by atoms with Crippen LogP contribution in [0.1, 0.15) is 41.1 Å². The van der Waals surface area contributed by atoms with Gasteiger partial charge in [0.25, 0.3) is 5.56 Å². The number of nitrogens with one attached hydrogen (secondary N) is 1. The summed E-state index contributed by atoms with van der Waals surface area (Å²) in [5.74, 6) is 1.71. The van der Waals surface area contributed by atoms with E-state index >= 15 is 0 Å². The van der Waals surface area contributed by atoms with Gasteiger partial charge in [-0.2, -0.15) is 4.98 Å². The van der Waals surface area contributed by atoms with Gasteiger partial charge in [-0.05, 0) is 27.2 Å². The highest BCUT2D eigenvalue weighted by molar-refractivity contribution is 5.79. The van der Waals surface area contributed by atoms with Crippen molar-refractivity contribution < 1.29 is 9.32 Å². The predicted octanol–water partition coefficient (Wildman–Crippen LogP) is 0.637. The van der Waals surface area contributed by atoms with Crippen molar-refractivity contribution in [3.63, 3.8) is 0 Å². The Morgan fingerprint density at radius 2 is 2.13 bits per heavy atom. The lowest BCUT2D eigenvalue weighted by atomic mass is 10.1. The molecule has 2 aromatic heterocycles. The van der Waals surface area contributed by atoms with Crippen LogP contribution in [-0.2, 0) is 11.2 Å². The third-order valence-electron chi connectivity index (χ3n) is 4.10. The molecule has 2 aromatic rings. The van der Waals surface area contributed by atoms with Gasteiger partial charge in [0.15, 0.2) is 5.82 Å². The van der Waals surface area contributed by atoms with Crippen LogP contribution in [0.15, 0.2) is 9.32 Å². The Hall–Kier alpha value is -2.51. The molecule has 3 rings (SSSR count). The van der Waals surface area contributed by atoms with E-state index in [1.165, 1.54) is 0 Å². The molecule has 1 saturated heterocycles. The minimum absolute atomic E-state index is 0.0596. The number of hydrogen-bond acceptors (Lipinski definition) is 6. The summed E-state index contributed by atoms with van der Waals surface area (Å²) < 4.78 is 5.18. The van der Waals surface area contributed by atoms with Crippen molar-refractivity contribution in [2.75, 3.05) is 13.1 Å². The average molecular weight is 317 g/mol. The molecule has 8 heteroatoms. The summed E-state index contributed by atoms with van der Waals surface area (Å²) in [6, 6.07) is 0. The number of aromatic amines is 1. The van der Waals surface area contributed by atoms with E-state index in [1.54, 1.807) is 25.7 Å². The van der Waals surface area contributed by atoms with Crippen LogP contribution in [0.3, 0.4) is 0 Å². The molecule has 0 spiro atoms. The minimum Gasteiger partial charge on any atom is -0.342 e. The molecule has 0 saturated carbocycles. The van der Waals surface area contributed by atoms with Crippen LogP contribution in [-0.4, -0.2) is 44.0 Å². The molecule has 0 aliphatic carbocycles. The summed E-state index contributed by atoms with van der Waals surface area (Å²) in [5.41, 5.74) is 0.784. The molecule has 1 aliphatic rings. The lowest BCUT2D eigenvalue weighted by Gasteiger charge is -2.16. The summed E-state index contributed by atoms with van der Waals surface area (Å²) in [4.78, 5) is 37.3. The molecule has 1 unspecified atom stereocenters. The number of carbonyl (C=O) groups excluding carboxylic acids is 1. The van der Waals surface area contributed by atoms with E-state index in [4.69, 9.17) is 4.52 Å². The average Bonchev–Trinajstić information content (AvgIpc) is 3.11. The fourth-order valence-corrected chi connectivity index (χ4v) is 2.89. The van der Waals surface area contributed by atoms with Gasteiger partial charge < -0.3 is 14.4 Å². The summed E-state index contributed by atoms with van der Waals surface area (Å²) >= 11 is 0. The summed E-state index contributed by atoms with van der Waals surface area (Å²) in [5, 5.41) is 3.79. The number of aromatic nitrogens is 4. The molecular weight excluding hydrogens is 298 g/mol. The Morgan fingerprint density at radius 1 is 1.35 bits per heavy atom. The maximum absolute atomic E-state index is 12.5. The van der Waals surface area contributed by atoms with Gasteiger partial charge >= 0.3 is 0 Å². The van der Waals surface area contributed by atoms with Gasteiger partial charge in [0.1, 0.15) is 5.82 Å². The van der Waals surface area contributed by atoms with Gasteiger partial charge in [-0.25, -0.2) is 4.98 Å². The van der Waals surface area contributed by atoms with E-state index in [9.17, 15) is 9.59 Å². The smallest absolute Gasteiger partial charge is 0.254 e. The minimum atomic E-state index is -0.244. The maximum atomic E-state index is 12.5. The van der Waals surface area contributed by atoms with Crippen LogP contribution < -0.4 is 5.56 Å². The first-order chi connectivity index (χ1) is 10.9. The fourth-order valence-electron chi connectivity index (χ4n) is 2.89. The van der Waals surface area contributed by atoms with Crippen molar-refractivity contribution in [3.8, 4) is 0 Å². The zero-order chi connectivity index (χ0) is 16.6. The van der Waals surface area contributed by atoms with E-state index in [2.05, 4.69) is 20.1 Å². The van der Waals surface area contributed by atoms with Gasteiger partial charge in [-0.15, -0.1) is 0 Å². The van der Waals surface area contributed by atoms with Crippen LogP contribution in [0.5, 0.6) is 0 Å².